The number of carbonyl (C=O) groups excluding carboxylic acids is 1. The molecule has 1 amide bonds. The summed E-state index contributed by atoms with van der Waals surface area (Å²) in [6.07, 6.45) is 0. The molecule has 2 N–H and O–H groups in total. The molecule has 0 fully saturated rings. The molecule has 0 saturated heterocycles. The highest BCUT2D eigenvalue weighted by Gasteiger charge is 2.18. The van der Waals surface area contributed by atoms with Crippen molar-refractivity contribution in [3.05, 3.63) is 46.3 Å². The second-order valence-corrected chi connectivity index (χ2v) is 4.71. The molecule has 3 rings (SSSR count). The lowest BCUT2D eigenvalue weighted by molar-refractivity contribution is 0.0966. The maximum Gasteiger partial charge on any atom is 0.251 e. The van der Waals surface area contributed by atoms with Gasteiger partial charge in [-0.25, -0.2) is 0 Å². The molecular formula is C14H15N3O2. The van der Waals surface area contributed by atoms with E-state index in [9.17, 15) is 4.79 Å². The van der Waals surface area contributed by atoms with Crippen molar-refractivity contribution >= 4 is 5.91 Å². The normalized spacial score (nSPS) is 13.3. The topological polar surface area (TPSA) is 67.0 Å². The predicted octanol–water partition coefficient (Wildman–Crippen LogP) is 1.85. The zero-order chi connectivity index (χ0) is 13.4. The number of carbonyl (C=O) groups is 1. The van der Waals surface area contributed by atoms with Gasteiger partial charge in [0.05, 0.1) is 0 Å². The Kier molecular flexibility index (Phi) is 2.74. The van der Waals surface area contributed by atoms with Crippen LogP contribution < -0.4 is 10.1 Å². The first-order valence-corrected chi connectivity index (χ1v) is 6.19. The van der Waals surface area contributed by atoms with Crippen molar-refractivity contribution in [2.75, 3.05) is 0 Å². The molecule has 2 heterocycles. The number of aromatic nitrogens is 2. The van der Waals surface area contributed by atoms with Crippen molar-refractivity contribution in [2.45, 2.75) is 27.0 Å². The molecule has 0 radical (unpaired) electrons. The number of H-pyrrole nitrogens is 1. The molecule has 5 nitrogen and oxygen atoms in total. The van der Waals surface area contributed by atoms with Crippen LogP contribution in [-0.2, 0) is 13.2 Å². The highest BCUT2D eigenvalue weighted by molar-refractivity contribution is 5.98. The first-order valence-electron chi connectivity index (χ1n) is 6.19. The highest BCUT2D eigenvalue weighted by Crippen LogP contribution is 2.22. The highest BCUT2D eigenvalue weighted by atomic mass is 16.5. The first kappa shape index (κ1) is 11.8. The zero-order valence-corrected chi connectivity index (χ0v) is 10.9. The van der Waals surface area contributed by atoms with Crippen molar-refractivity contribution in [3.63, 3.8) is 0 Å². The zero-order valence-electron chi connectivity index (χ0n) is 10.9. The van der Waals surface area contributed by atoms with Gasteiger partial charge in [0, 0.05) is 17.8 Å². The van der Waals surface area contributed by atoms with E-state index in [-0.39, 0.29) is 5.91 Å². The molecule has 5 heteroatoms. The molecule has 0 bridgehead atoms. The fraction of sp³-hybridized carbons (Fsp3) is 0.286. The maximum absolute atomic E-state index is 11.4. The van der Waals surface area contributed by atoms with Gasteiger partial charge in [-0.2, -0.15) is 5.10 Å². The van der Waals surface area contributed by atoms with Crippen LogP contribution in [0.2, 0.25) is 0 Å². The number of aromatic amines is 1. The molecule has 1 aromatic heterocycles. The smallest absolute Gasteiger partial charge is 0.251 e. The van der Waals surface area contributed by atoms with Crippen LogP contribution in [0.3, 0.4) is 0 Å². The van der Waals surface area contributed by atoms with Gasteiger partial charge in [0.25, 0.3) is 5.91 Å². The lowest BCUT2D eigenvalue weighted by Crippen LogP contribution is -2.12. The van der Waals surface area contributed by atoms with Crippen LogP contribution in [0.25, 0.3) is 0 Å². The van der Waals surface area contributed by atoms with Crippen LogP contribution in [0.1, 0.15) is 32.9 Å². The molecule has 1 aliphatic rings. The summed E-state index contributed by atoms with van der Waals surface area (Å²) in [5.41, 5.74) is 4.81. The van der Waals surface area contributed by atoms with Crippen molar-refractivity contribution in [1.29, 1.82) is 0 Å². The minimum Gasteiger partial charge on any atom is -0.487 e. The summed E-state index contributed by atoms with van der Waals surface area (Å²) in [6, 6.07) is 5.52. The average Bonchev–Trinajstić information content (AvgIpc) is 2.93. The Balaban J connectivity index is 1.74. The summed E-state index contributed by atoms with van der Waals surface area (Å²) in [6.45, 7) is 5.00. The summed E-state index contributed by atoms with van der Waals surface area (Å²) in [5.74, 6) is 0.746. The van der Waals surface area contributed by atoms with Crippen LogP contribution in [-0.4, -0.2) is 16.1 Å². The van der Waals surface area contributed by atoms with E-state index >= 15 is 0 Å². The van der Waals surface area contributed by atoms with Crippen LogP contribution in [0.5, 0.6) is 5.75 Å². The second kappa shape index (κ2) is 4.42. The van der Waals surface area contributed by atoms with Crippen LogP contribution in [0.4, 0.5) is 0 Å². The molecule has 1 aliphatic heterocycles. The van der Waals surface area contributed by atoms with Gasteiger partial charge in [0.2, 0.25) is 0 Å². The molecule has 1 aromatic carbocycles. The van der Waals surface area contributed by atoms with E-state index in [1.54, 1.807) is 6.07 Å². The lowest BCUT2D eigenvalue weighted by atomic mass is 10.1. The Hall–Kier alpha value is -2.30. The lowest BCUT2D eigenvalue weighted by Gasteiger charge is -2.06. The molecule has 0 unspecified atom stereocenters. The molecule has 0 atom stereocenters. The second-order valence-electron chi connectivity index (χ2n) is 4.71. The fourth-order valence-electron chi connectivity index (χ4n) is 2.13. The van der Waals surface area contributed by atoms with E-state index in [0.717, 1.165) is 33.8 Å². The number of benzene rings is 1. The molecule has 19 heavy (non-hydrogen) atoms. The van der Waals surface area contributed by atoms with E-state index in [1.165, 1.54) is 0 Å². The van der Waals surface area contributed by atoms with Crippen molar-refractivity contribution in [2.24, 2.45) is 0 Å². The van der Waals surface area contributed by atoms with Gasteiger partial charge < -0.3 is 10.1 Å². The molecule has 98 valence electrons. The Labute approximate surface area is 111 Å². The number of aryl methyl sites for hydroxylation is 1. The van der Waals surface area contributed by atoms with E-state index in [0.29, 0.717) is 13.2 Å². The molecule has 0 spiro atoms. The summed E-state index contributed by atoms with van der Waals surface area (Å²) >= 11 is 0. The van der Waals surface area contributed by atoms with E-state index in [2.05, 4.69) is 15.5 Å². The Morgan fingerprint density at radius 2 is 2.21 bits per heavy atom. The summed E-state index contributed by atoms with van der Waals surface area (Å²) in [7, 11) is 0. The minimum atomic E-state index is -0.0136. The molecule has 0 aliphatic carbocycles. The third kappa shape index (κ3) is 2.07. The van der Waals surface area contributed by atoms with Crippen molar-refractivity contribution in [1.82, 2.24) is 15.5 Å². The standard InChI is InChI=1S/C14H15N3O2/c1-8-9(2)16-17-13(8)7-19-11-3-4-12-10(5-11)6-15-14(12)18/h3-5H,6-7H2,1-2H3,(H,15,18)(H,16,17). The minimum absolute atomic E-state index is 0.0136. The first-order chi connectivity index (χ1) is 9.15. The Morgan fingerprint density at radius 3 is 2.95 bits per heavy atom. The molecule has 2 aromatic rings. The monoisotopic (exact) mass is 257 g/mol. The van der Waals surface area contributed by atoms with E-state index in [4.69, 9.17) is 4.74 Å². The SMILES string of the molecule is Cc1[nH]nc(COc2ccc3c(c2)CNC3=O)c1C. The summed E-state index contributed by atoms with van der Waals surface area (Å²) in [5, 5.41) is 9.92. The largest absolute Gasteiger partial charge is 0.487 e. The number of hydrogen-bond acceptors (Lipinski definition) is 3. The molecular weight excluding hydrogens is 242 g/mol. The maximum atomic E-state index is 11.4. The van der Waals surface area contributed by atoms with E-state index in [1.807, 2.05) is 26.0 Å². The van der Waals surface area contributed by atoms with Gasteiger partial charge in [-0.1, -0.05) is 0 Å². The molecule has 0 saturated carbocycles. The number of hydrogen-bond donors (Lipinski definition) is 2. The van der Waals surface area contributed by atoms with Crippen LogP contribution in [0, 0.1) is 13.8 Å². The number of ether oxygens (including phenoxy) is 1. The fourth-order valence-corrected chi connectivity index (χ4v) is 2.13. The van der Waals surface area contributed by atoms with Gasteiger partial charge in [-0.15, -0.1) is 0 Å². The van der Waals surface area contributed by atoms with Gasteiger partial charge in [-0.3, -0.25) is 9.89 Å². The number of rotatable bonds is 3. The van der Waals surface area contributed by atoms with Crippen LogP contribution >= 0.6 is 0 Å². The third-order valence-corrected chi connectivity index (χ3v) is 3.49. The van der Waals surface area contributed by atoms with Crippen molar-refractivity contribution < 1.29 is 9.53 Å². The van der Waals surface area contributed by atoms with E-state index < -0.39 is 0 Å². The van der Waals surface area contributed by atoms with Gasteiger partial charge >= 0.3 is 0 Å². The number of amides is 1. The van der Waals surface area contributed by atoms with Crippen LogP contribution in [0.15, 0.2) is 18.2 Å². The van der Waals surface area contributed by atoms with Gasteiger partial charge in [0.1, 0.15) is 18.1 Å². The Bertz CT molecular complexity index is 646. The predicted molar refractivity (Wildman–Crippen MR) is 70.0 cm³/mol. The van der Waals surface area contributed by atoms with Gasteiger partial charge in [-0.05, 0) is 43.2 Å². The Morgan fingerprint density at radius 1 is 1.37 bits per heavy atom. The quantitative estimate of drug-likeness (QED) is 0.881. The van der Waals surface area contributed by atoms with Gasteiger partial charge in [0.15, 0.2) is 0 Å². The number of fused-ring (bicyclic) bond motifs is 1. The number of nitrogens with one attached hydrogen (secondary N) is 2. The summed E-state index contributed by atoms with van der Waals surface area (Å²) in [4.78, 5) is 11.4. The third-order valence-electron chi connectivity index (χ3n) is 3.49. The summed E-state index contributed by atoms with van der Waals surface area (Å²) < 4.78 is 5.73. The average molecular weight is 257 g/mol. The number of nitrogens with zero attached hydrogens (tertiary/aromatic N) is 1. The van der Waals surface area contributed by atoms with Crippen molar-refractivity contribution in [3.8, 4) is 5.75 Å².